The number of aromatic nitrogens is 1. The first-order chi connectivity index (χ1) is 10.0. The quantitative estimate of drug-likeness (QED) is 0.655. The molecule has 0 saturated carbocycles. The Kier molecular flexibility index (Phi) is 4.53. The van der Waals surface area contributed by atoms with E-state index in [-0.39, 0.29) is 0 Å². The fourth-order valence-electron chi connectivity index (χ4n) is 2.07. The van der Waals surface area contributed by atoms with Crippen LogP contribution < -0.4 is 0 Å². The van der Waals surface area contributed by atoms with Crippen molar-refractivity contribution in [2.45, 2.75) is 20.8 Å². The Morgan fingerprint density at radius 3 is 1.67 bits per heavy atom. The number of hydrogen-bond donors (Lipinski definition) is 1. The second-order valence-electron chi connectivity index (χ2n) is 5.56. The molecule has 108 valence electrons. The van der Waals surface area contributed by atoms with Gasteiger partial charge in [-0.25, -0.2) is 9.78 Å². The Hall–Kier alpha value is -2.42. The molecule has 0 spiro atoms. The van der Waals surface area contributed by atoms with Crippen LogP contribution >= 0.6 is 0 Å². The summed E-state index contributed by atoms with van der Waals surface area (Å²) in [6, 6.07) is 14.6. The van der Waals surface area contributed by atoms with Gasteiger partial charge < -0.3 is 5.11 Å². The number of carbonyl (C=O) groups is 1. The molecular formula is C18H19NO2. The number of benzene rings is 2. The van der Waals surface area contributed by atoms with Crippen molar-refractivity contribution in [3.8, 4) is 0 Å². The molecule has 1 N–H and O–H groups in total. The third kappa shape index (κ3) is 3.37. The summed E-state index contributed by atoms with van der Waals surface area (Å²) in [7, 11) is 0. The summed E-state index contributed by atoms with van der Waals surface area (Å²) >= 11 is 0. The molecule has 0 aliphatic carbocycles. The molecule has 1 heterocycles. The molecule has 0 radical (unpaired) electrons. The number of pyridine rings is 1. The van der Waals surface area contributed by atoms with Crippen LogP contribution in [0.3, 0.4) is 0 Å². The van der Waals surface area contributed by atoms with E-state index in [2.05, 4.69) is 25.8 Å². The predicted octanol–water partition coefficient (Wildman–Crippen LogP) is 4.75. The van der Waals surface area contributed by atoms with Gasteiger partial charge >= 0.3 is 5.97 Å². The van der Waals surface area contributed by atoms with Gasteiger partial charge in [0.05, 0.1) is 16.6 Å². The third-order valence-corrected chi connectivity index (χ3v) is 2.80. The normalized spacial score (nSPS) is 10.5. The van der Waals surface area contributed by atoms with Crippen molar-refractivity contribution in [1.82, 2.24) is 4.98 Å². The van der Waals surface area contributed by atoms with Crippen molar-refractivity contribution < 1.29 is 9.90 Å². The molecule has 0 unspecified atom stereocenters. The van der Waals surface area contributed by atoms with E-state index in [1.54, 1.807) is 12.1 Å². The molecule has 0 saturated heterocycles. The average Bonchev–Trinajstić information content (AvgIpc) is 2.43. The van der Waals surface area contributed by atoms with Gasteiger partial charge in [-0.15, -0.1) is 0 Å². The highest BCUT2D eigenvalue weighted by molar-refractivity contribution is 6.13. The van der Waals surface area contributed by atoms with E-state index in [0.717, 1.165) is 5.92 Å². The van der Waals surface area contributed by atoms with Crippen molar-refractivity contribution in [2.75, 3.05) is 0 Å². The van der Waals surface area contributed by atoms with Crippen LogP contribution in [0.15, 0.2) is 48.5 Å². The van der Waals surface area contributed by atoms with Gasteiger partial charge in [0.15, 0.2) is 0 Å². The van der Waals surface area contributed by atoms with Gasteiger partial charge in [-0.1, -0.05) is 57.2 Å². The van der Waals surface area contributed by atoms with Crippen LogP contribution in [0, 0.1) is 5.92 Å². The highest BCUT2D eigenvalue weighted by Gasteiger charge is 2.13. The minimum Gasteiger partial charge on any atom is -0.478 e. The molecule has 3 nitrogen and oxygen atoms in total. The standard InChI is InChI=1S/C14H9NO2.C4H10/c16-14(17)13-9-5-1-3-7-11(9)15-12-8-4-2-6-10(12)13;1-4(2)3/h1-8H,(H,16,17);4H,1-3H3. The molecule has 3 aromatic rings. The van der Waals surface area contributed by atoms with Gasteiger partial charge in [-0.05, 0) is 18.1 Å². The molecule has 0 aliphatic rings. The SMILES string of the molecule is CC(C)C.O=C(O)c1c2ccccc2nc2ccccc12. The molecule has 1 aromatic heterocycles. The Morgan fingerprint density at radius 1 is 0.905 bits per heavy atom. The largest absolute Gasteiger partial charge is 0.478 e. The minimum atomic E-state index is -0.917. The molecule has 0 aliphatic heterocycles. The first-order valence-corrected chi connectivity index (χ1v) is 7.01. The van der Waals surface area contributed by atoms with Gasteiger partial charge in [0, 0.05) is 10.8 Å². The summed E-state index contributed by atoms with van der Waals surface area (Å²) in [6.45, 7) is 6.50. The number of aromatic carboxylic acids is 1. The lowest BCUT2D eigenvalue weighted by molar-refractivity contribution is 0.0701. The van der Waals surface area contributed by atoms with Gasteiger partial charge in [-0.2, -0.15) is 0 Å². The molecule has 2 aromatic carbocycles. The zero-order valence-corrected chi connectivity index (χ0v) is 12.5. The number of fused-ring (bicyclic) bond motifs is 2. The van der Waals surface area contributed by atoms with Crippen LogP contribution in [-0.4, -0.2) is 16.1 Å². The van der Waals surface area contributed by atoms with Crippen LogP contribution in [0.4, 0.5) is 0 Å². The van der Waals surface area contributed by atoms with Crippen LogP contribution in [0.25, 0.3) is 21.8 Å². The highest BCUT2D eigenvalue weighted by Crippen LogP contribution is 2.25. The van der Waals surface area contributed by atoms with E-state index in [4.69, 9.17) is 0 Å². The van der Waals surface area contributed by atoms with E-state index in [1.807, 2.05) is 36.4 Å². The van der Waals surface area contributed by atoms with Crippen LogP contribution in [0.1, 0.15) is 31.1 Å². The number of rotatable bonds is 1. The highest BCUT2D eigenvalue weighted by atomic mass is 16.4. The number of carboxylic acids is 1. The van der Waals surface area contributed by atoms with Gasteiger partial charge in [0.1, 0.15) is 0 Å². The minimum absolute atomic E-state index is 0.325. The second-order valence-corrected chi connectivity index (χ2v) is 5.56. The van der Waals surface area contributed by atoms with Crippen molar-refractivity contribution >= 4 is 27.8 Å². The summed E-state index contributed by atoms with van der Waals surface area (Å²) < 4.78 is 0. The number of para-hydroxylation sites is 2. The van der Waals surface area contributed by atoms with E-state index < -0.39 is 5.97 Å². The van der Waals surface area contributed by atoms with Crippen molar-refractivity contribution in [3.63, 3.8) is 0 Å². The predicted molar refractivity (Wildman–Crippen MR) is 86.7 cm³/mol. The lowest BCUT2D eigenvalue weighted by atomic mass is 10.0. The molecule has 0 fully saturated rings. The van der Waals surface area contributed by atoms with Gasteiger partial charge in [-0.3, -0.25) is 0 Å². The topological polar surface area (TPSA) is 50.2 Å². The van der Waals surface area contributed by atoms with Crippen LogP contribution in [0.5, 0.6) is 0 Å². The summed E-state index contributed by atoms with van der Waals surface area (Å²) in [6.07, 6.45) is 0. The fourth-order valence-corrected chi connectivity index (χ4v) is 2.07. The molecule has 21 heavy (non-hydrogen) atoms. The van der Waals surface area contributed by atoms with Crippen LogP contribution in [0.2, 0.25) is 0 Å². The lowest BCUT2D eigenvalue weighted by Gasteiger charge is -2.06. The van der Waals surface area contributed by atoms with Gasteiger partial charge in [0.25, 0.3) is 0 Å². The molecule has 3 heteroatoms. The Morgan fingerprint density at radius 2 is 1.29 bits per heavy atom. The number of nitrogens with zero attached hydrogens (tertiary/aromatic N) is 1. The van der Waals surface area contributed by atoms with Crippen LogP contribution in [-0.2, 0) is 0 Å². The lowest BCUT2D eigenvalue weighted by Crippen LogP contribution is -2.00. The maximum Gasteiger partial charge on any atom is 0.337 e. The monoisotopic (exact) mass is 281 g/mol. The average molecular weight is 281 g/mol. The number of carboxylic acid groups (broad SMARTS) is 1. The third-order valence-electron chi connectivity index (χ3n) is 2.80. The maximum absolute atomic E-state index is 11.4. The summed E-state index contributed by atoms with van der Waals surface area (Å²) in [5.74, 6) is -0.0835. The zero-order valence-electron chi connectivity index (χ0n) is 12.5. The molecule has 0 atom stereocenters. The van der Waals surface area contributed by atoms with E-state index >= 15 is 0 Å². The smallest absolute Gasteiger partial charge is 0.337 e. The van der Waals surface area contributed by atoms with Crippen molar-refractivity contribution in [3.05, 3.63) is 54.1 Å². The van der Waals surface area contributed by atoms with E-state index in [1.165, 1.54) is 0 Å². The Balaban J connectivity index is 0.000000361. The molecule has 3 rings (SSSR count). The molecule has 0 amide bonds. The van der Waals surface area contributed by atoms with E-state index in [0.29, 0.717) is 27.4 Å². The fraction of sp³-hybridized carbons (Fsp3) is 0.222. The summed E-state index contributed by atoms with van der Waals surface area (Å²) in [4.78, 5) is 15.9. The molecular weight excluding hydrogens is 262 g/mol. The Bertz CT molecular complexity index is 722. The van der Waals surface area contributed by atoms with Gasteiger partial charge in [0.2, 0.25) is 0 Å². The van der Waals surface area contributed by atoms with E-state index in [9.17, 15) is 9.90 Å². The first-order valence-electron chi connectivity index (χ1n) is 7.01. The zero-order chi connectivity index (χ0) is 15.4. The Labute approximate surface area is 124 Å². The van der Waals surface area contributed by atoms with Crippen molar-refractivity contribution in [2.24, 2.45) is 5.92 Å². The number of hydrogen-bond acceptors (Lipinski definition) is 2. The molecule has 0 bridgehead atoms. The first kappa shape index (κ1) is 15.0. The van der Waals surface area contributed by atoms with Crippen molar-refractivity contribution in [1.29, 1.82) is 0 Å². The second kappa shape index (κ2) is 6.35. The summed E-state index contributed by atoms with van der Waals surface area (Å²) in [5, 5.41) is 10.7. The summed E-state index contributed by atoms with van der Waals surface area (Å²) in [5.41, 5.74) is 1.75. The maximum atomic E-state index is 11.4.